The second-order valence-electron chi connectivity index (χ2n) is 6.07. The summed E-state index contributed by atoms with van der Waals surface area (Å²) in [5, 5.41) is 4.44. The Balaban J connectivity index is 1.75. The molecule has 8 nitrogen and oxygen atoms in total. The van der Waals surface area contributed by atoms with Crippen LogP contribution in [-0.2, 0) is 14.8 Å². The Hall–Kier alpha value is -2.98. The highest BCUT2D eigenvalue weighted by atomic mass is 32.2. The summed E-state index contributed by atoms with van der Waals surface area (Å²) in [4.78, 5) is 23.7. The van der Waals surface area contributed by atoms with Crippen LogP contribution in [-0.4, -0.2) is 37.6 Å². The second kappa shape index (κ2) is 7.95. The first-order chi connectivity index (χ1) is 13.3. The van der Waals surface area contributed by atoms with Crippen molar-refractivity contribution in [2.45, 2.75) is 17.9 Å². The summed E-state index contributed by atoms with van der Waals surface area (Å²) in [6.45, 7) is 4.11. The van der Waals surface area contributed by atoms with Gasteiger partial charge < -0.3 is 15.1 Å². The van der Waals surface area contributed by atoms with Crippen molar-refractivity contribution in [1.29, 1.82) is 0 Å². The number of furan rings is 1. The minimum absolute atomic E-state index is 0.139. The SMILES string of the molecule is C=CC(=O)Nc1cc(NC(=O)c2ccc(S(=O)(=O)N3CCCC3)o2)ccc1F. The molecule has 1 fully saturated rings. The number of halogens is 1. The van der Waals surface area contributed by atoms with Crippen LogP contribution in [0.3, 0.4) is 0 Å². The number of carbonyl (C=O) groups excluding carboxylic acids is 2. The third-order valence-electron chi connectivity index (χ3n) is 4.13. The first kappa shape index (κ1) is 19.8. The predicted molar refractivity (Wildman–Crippen MR) is 99.9 cm³/mol. The zero-order valence-corrected chi connectivity index (χ0v) is 15.6. The van der Waals surface area contributed by atoms with Crippen molar-refractivity contribution in [3.05, 3.63) is 54.6 Å². The maximum absolute atomic E-state index is 13.8. The molecular formula is C18H18FN3O5S. The molecule has 148 valence electrons. The maximum Gasteiger partial charge on any atom is 0.291 e. The van der Waals surface area contributed by atoms with Crippen LogP contribution in [0.1, 0.15) is 23.4 Å². The van der Waals surface area contributed by atoms with Crippen LogP contribution in [0.2, 0.25) is 0 Å². The normalized spacial score (nSPS) is 14.6. The van der Waals surface area contributed by atoms with Gasteiger partial charge in [-0.05, 0) is 49.2 Å². The van der Waals surface area contributed by atoms with Crippen LogP contribution in [0.15, 0.2) is 52.5 Å². The Morgan fingerprint density at radius 1 is 1.14 bits per heavy atom. The van der Waals surface area contributed by atoms with E-state index in [4.69, 9.17) is 4.42 Å². The second-order valence-corrected chi connectivity index (χ2v) is 7.94. The van der Waals surface area contributed by atoms with Crippen molar-refractivity contribution in [3.63, 3.8) is 0 Å². The van der Waals surface area contributed by atoms with Crippen molar-refractivity contribution < 1.29 is 26.8 Å². The molecule has 0 radical (unpaired) electrons. The van der Waals surface area contributed by atoms with Gasteiger partial charge in [0.2, 0.25) is 11.0 Å². The standard InChI is InChI=1S/C18H18FN3O5S/c1-2-16(23)21-14-11-12(5-6-13(14)19)20-18(24)15-7-8-17(27-15)28(25,26)22-9-3-4-10-22/h2,5-8,11H,1,3-4,9-10H2,(H,20,24)(H,21,23). The number of sulfonamides is 1. The number of anilines is 2. The molecule has 0 spiro atoms. The van der Waals surface area contributed by atoms with Gasteiger partial charge in [0.05, 0.1) is 5.69 Å². The lowest BCUT2D eigenvalue weighted by atomic mass is 10.2. The van der Waals surface area contributed by atoms with Crippen LogP contribution < -0.4 is 10.6 Å². The van der Waals surface area contributed by atoms with Gasteiger partial charge in [-0.25, -0.2) is 12.8 Å². The summed E-state index contributed by atoms with van der Waals surface area (Å²) in [5.41, 5.74) is 0.0468. The molecule has 3 rings (SSSR count). The van der Waals surface area contributed by atoms with Crippen LogP contribution in [0, 0.1) is 5.82 Å². The molecule has 1 aliphatic rings. The zero-order valence-electron chi connectivity index (χ0n) is 14.8. The van der Waals surface area contributed by atoms with E-state index in [1.807, 2.05) is 0 Å². The third kappa shape index (κ3) is 4.12. The van der Waals surface area contributed by atoms with Crippen molar-refractivity contribution in [1.82, 2.24) is 4.31 Å². The highest BCUT2D eigenvalue weighted by Gasteiger charge is 2.30. The molecule has 1 aromatic heterocycles. The molecule has 1 aliphatic heterocycles. The number of nitrogens with one attached hydrogen (secondary N) is 2. The van der Waals surface area contributed by atoms with Gasteiger partial charge in [-0.15, -0.1) is 0 Å². The molecule has 0 atom stereocenters. The summed E-state index contributed by atoms with van der Waals surface area (Å²) in [6.07, 6.45) is 2.54. The largest absolute Gasteiger partial charge is 0.438 e. The summed E-state index contributed by atoms with van der Waals surface area (Å²) in [6, 6.07) is 6.06. The van der Waals surface area contributed by atoms with Gasteiger partial charge >= 0.3 is 0 Å². The molecule has 0 saturated carbocycles. The molecule has 2 N–H and O–H groups in total. The van der Waals surface area contributed by atoms with Gasteiger partial charge in [0.25, 0.3) is 15.9 Å². The minimum atomic E-state index is -3.77. The first-order valence-electron chi connectivity index (χ1n) is 8.45. The number of nitrogens with zero attached hydrogens (tertiary/aromatic N) is 1. The number of carbonyl (C=O) groups is 2. The molecule has 28 heavy (non-hydrogen) atoms. The Labute approximate surface area is 161 Å². The number of rotatable bonds is 6. The quantitative estimate of drug-likeness (QED) is 0.716. The van der Waals surface area contributed by atoms with Crippen LogP contribution >= 0.6 is 0 Å². The molecule has 0 unspecified atom stereocenters. The molecule has 2 amide bonds. The first-order valence-corrected chi connectivity index (χ1v) is 9.89. The number of hydrogen-bond acceptors (Lipinski definition) is 5. The monoisotopic (exact) mass is 407 g/mol. The van der Waals surface area contributed by atoms with Crippen molar-refractivity contribution in [2.24, 2.45) is 0 Å². The zero-order chi connectivity index (χ0) is 20.3. The Bertz CT molecular complexity index is 1030. The van der Waals surface area contributed by atoms with Gasteiger partial charge in [-0.3, -0.25) is 9.59 Å². The predicted octanol–water partition coefficient (Wildman–Crippen LogP) is 2.58. The van der Waals surface area contributed by atoms with E-state index in [9.17, 15) is 22.4 Å². The number of amides is 2. The van der Waals surface area contributed by atoms with Gasteiger partial charge in [-0.1, -0.05) is 6.58 Å². The molecule has 0 aliphatic carbocycles. The molecule has 2 heterocycles. The van der Waals surface area contributed by atoms with Crippen molar-refractivity contribution in [2.75, 3.05) is 23.7 Å². The number of hydrogen-bond donors (Lipinski definition) is 2. The lowest BCUT2D eigenvalue weighted by Gasteiger charge is -2.12. The molecule has 0 bridgehead atoms. The van der Waals surface area contributed by atoms with E-state index in [2.05, 4.69) is 17.2 Å². The topological polar surface area (TPSA) is 109 Å². The molecule has 1 saturated heterocycles. The van der Waals surface area contributed by atoms with E-state index in [1.165, 1.54) is 28.6 Å². The molecule has 2 aromatic rings. The average Bonchev–Trinajstić information content (AvgIpc) is 3.36. The Morgan fingerprint density at radius 3 is 2.54 bits per heavy atom. The fourth-order valence-electron chi connectivity index (χ4n) is 2.71. The van der Waals surface area contributed by atoms with E-state index >= 15 is 0 Å². The van der Waals surface area contributed by atoms with Crippen LogP contribution in [0.25, 0.3) is 0 Å². The molecule has 10 heteroatoms. The fraction of sp³-hybridized carbons (Fsp3) is 0.222. The fourth-order valence-corrected chi connectivity index (χ4v) is 4.14. The summed E-state index contributed by atoms with van der Waals surface area (Å²) < 4.78 is 45.2. The van der Waals surface area contributed by atoms with Crippen LogP contribution in [0.4, 0.5) is 15.8 Å². The van der Waals surface area contributed by atoms with E-state index in [0.717, 1.165) is 25.0 Å². The summed E-state index contributed by atoms with van der Waals surface area (Å²) >= 11 is 0. The minimum Gasteiger partial charge on any atom is -0.438 e. The highest BCUT2D eigenvalue weighted by Crippen LogP contribution is 2.24. The lowest BCUT2D eigenvalue weighted by Crippen LogP contribution is -2.27. The van der Waals surface area contributed by atoms with Crippen molar-refractivity contribution in [3.8, 4) is 0 Å². The van der Waals surface area contributed by atoms with E-state index < -0.39 is 27.7 Å². The highest BCUT2D eigenvalue weighted by molar-refractivity contribution is 7.89. The van der Waals surface area contributed by atoms with Crippen molar-refractivity contribution >= 4 is 33.2 Å². The Morgan fingerprint density at radius 2 is 1.86 bits per heavy atom. The van der Waals surface area contributed by atoms with E-state index in [-0.39, 0.29) is 22.2 Å². The van der Waals surface area contributed by atoms with Gasteiger partial charge in [0, 0.05) is 18.8 Å². The average molecular weight is 407 g/mol. The third-order valence-corrected chi connectivity index (χ3v) is 5.90. The van der Waals surface area contributed by atoms with Gasteiger partial charge in [0.1, 0.15) is 5.82 Å². The summed E-state index contributed by atoms with van der Waals surface area (Å²) in [5.74, 6) is -2.22. The van der Waals surface area contributed by atoms with E-state index in [0.29, 0.717) is 13.1 Å². The summed E-state index contributed by atoms with van der Waals surface area (Å²) in [7, 11) is -3.77. The van der Waals surface area contributed by atoms with Gasteiger partial charge in [-0.2, -0.15) is 4.31 Å². The smallest absolute Gasteiger partial charge is 0.291 e. The molecular weight excluding hydrogens is 389 g/mol. The Kier molecular flexibility index (Phi) is 5.61. The van der Waals surface area contributed by atoms with Gasteiger partial charge in [0.15, 0.2) is 5.76 Å². The lowest BCUT2D eigenvalue weighted by molar-refractivity contribution is -0.111. The molecule has 1 aromatic carbocycles. The van der Waals surface area contributed by atoms with Crippen LogP contribution in [0.5, 0.6) is 0 Å². The van der Waals surface area contributed by atoms with E-state index in [1.54, 1.807) is 0 Å². The maximum atomic E-state index is 13.8. The number of benzene rings is 1.